The lowest BCUT2D eigenvalue weighted by Gasteiger charge is -2.39. The second-order valence-corrected chi connectivity index (χ2v) is 9.32. The van der Waals surface area contributed by atoms with Gasteiger partial charge in [0, 0.05) is 0 Å². The molecule has 0 aliphatic heterocycles. The molecule has 32 heavy (non-hydrogen) atoms. The van der Waals surface area contributed by atoms with Crippen LogP contribution in [-0.4, -0.2) is 12.4 Å². The summed E-state index contributed by atoms with van der Waals surface area (Å²) in [5, 5.41) is 0. The number of hydrogen-bond acceptors (Lipinski definition) is 0. The Bertz CT molecular complexity index is 918. The Hall–Kier alpha value is -1.98. The van der Waals surface area contributed by atoms with Crippen LogP contribution in [0.1, 0.15) is 99.6 Å². The molecule has 0 bridgehead atoms. The van der Waals surface area contributed by atoms with E-state index in [-0.39, 0.29) is 17.8 Å². The molecule has 2 aromatic rings. The summed E-state index contributed by atoms with van der Waals surface area (Å²) in [5.41, 5.74) is -3.17. The van der Waals surface area contributed by atoms with Crippen molar-refractivity contribution < 1.29 is 26.3 Å². The predicted molar refractivity (Wildman–Crippen MR) is 117 cm³/mol. The van der Waals surface area contributed by atoms with Crippen LogP contribution >= 0.6 is 0 Å². The molecular weight excluding hydrogens is 426 g/mol. The van der Waals surface area contributed by atoms with Gasteiger partial charge in [0.1, 0.15) is 0 Å². The maximum Gasteiger partial charge on any atom is 0.411 e. The summed E-state index contributed by atoms with van der Waals surface area (Å²) >= 11 is 0. The molecule has 0 fully saturated rings. The lowest BCUT2D eigenvalue weighted by Crippen LogP contribution is -2.55. The molecule has 0 heterocycles. The molecule has 0 unspecified atom stereocenters. The Morgan fingerprint density at radius 1 is 0.594 bits per heavy atom. The average Bonchev–Trinajstić information content (AvgIpc) is 2.65. The summed E-state index contributed by atoms with van der Waals surface area (Å²) in [5.74, 6) is -0.256. The zero-order valence-corrected chi connectivity index (χ0v) is 19.7. The van der Waals surface area contributed by atoms with Crippen molar-refractivity contribution in [3.63, 3.8) is 0 Å². The lowest BCUT2D eigenvalue weighted by atomic mass is 9.70. The van der Waals surface area contributed by atoms with Gasteiger partial charge in [-0.2, -0.15) is 26.3 Å². The Morgan fingerprint density at radius 2 is 1.00 bits per heavy atom. The van der Waals surface area contributed by atoms with Crippen LogP contribution in [0.4, 0.5) is 26.3 Å². The molecule has 2 rings (SSSR count). The average molecular weight is 459 g/mol. The van der Waals surface area contributed by atoms with E-state index in [1.807, 2.05) is 27.7 Å². The van der Waals surface area contributed by atoms with Crippen molar-refractivity contribution in [3.8, 4) is 0 Å². The van der Waals surface area contributed by atoms with Crippen molar-refractivity contribution in [2.45, 2.75) is 90.4 Å². The molecule has 0 aromatic heterocycles. The van der Waals surface area contributed by atoms with Gasteiger partial charge in [-0.15, -0.1) is 0 Å². The molecular formula is C26H32F6. The third-order valence-corrected chi connectivity index (χ3v) is 6.19. The first-order valence-corrected chi connectivity index (χ1v) is 11.0. The van der Waals surface area contributed by atoms with Gasteiger partial charge in [-0.25, -0.2) is 0 Å². The first kappa shape index (κ1) is 26.3. The van der Waals surface area contributed by atoms with Crippen LogP contribution in [0.15, 0.2) is 36.4 Å². The van der Waals surface area contributed by atoms with Crippen LogP contribution in [0.3, 0.4) is 0 Å². The summed E-state index contributed by atoms with van der Waals surface area (Å²) in [6, 6.07) is 7.05. The number of halogens is 6. The third-order valence-electron chi connectivity index (χ3n) is 6.19. The molecule has 0 aliphatic rings. The predicted octanol–water partition coefficient (Wildman–Crippen LogP) is 9.03. The van der Waals surface area contributed by atoms with Crippen LogP contribution in [-0.2, 0) is 11.8 Å². The molecule has 0 spiro atoms. The molecule has 0 amide bonds. The van der Waals surface area contributed by atoms with E-state index in [2.05, 4.69) is 0 Å². The molecule has 0 saturated carbocycles. The summed E-state index contributed by atoms with van der Waals surface area (Å²) in [4.78, 5) is 0. The number of rotatable bonds is 6. The molecule has 0 saturated heterocycles. The van der Waals surface area contributed by atoms with Crippen molar-refractivity contribution in [1.82, 2.24) is 0 Å². The topological polar surface area (TPSA) is 0 Å². The van der Waals surface area contributed by atoms with Gasteiger partial charge in [0.05, 0.1) is 0 Å². The van der Waals surface area contributed by atoms with E-state index in [0.29, 0.717) is 17.5 Å². The fourth-order valence-corrected chi connectivity index (χ4v) is 4.52. The van der Waals surface area contributed by atoms with E-state index in [1.54, 1.807) is 20.8 Å². The van der Waals surface area contributed by atoms with Crippen molar-refractivity contribution in [1.29, 1.82) is 0 Å². The van der Waals surface area contributed by atoms with Crippen LogP contribution in [0.2, 0.25) is 0 Å². The number of alkyl halides is 6. The molecule has 0 atom stereocenters. The first-order valence-electron chi connectivity index (χ1n) is 11.0. The molecule has 178 valence electrons. The maximum absolute atomic E-state index is 14.6. The number of benzene rings is 2. The third kappa shape index (κ3) is 4.42. The summed E-state index contributed by atoms with van der Waals surface area (Å²) < 4.78 is 87.7. The summed E-state index contributed by atoms with van der Waals surface area (Å²) in [7, 11) is 0. The molecule has 2 aromatic carbocycles. The second-order valence-electron chi connectivity index (χ2n) is 9.32. The normalized spacial score (nSPS) is 13.5. The van der Waals surface area contributed by atoms with Crippen LogP contribution in [0.25, 0.3) is 0 Å². The standard InChI is InChI=1S/C26H32F6/c1-8-18-13-19(9-11-21(18)15(2)3)24(25(27,28)29,26(30,31)32)20-10-12-22(16(4)5)23(14-20)17(6)7/h9-17H,8H2,1-7H3. The first-order chi connectivity index (χ1) is 14.6. The number of aryl methyl sites for hydroxylation is 1. The van der Waals surface area contributed by atoms with Crippen LogP contribution < -0.4 is 0 Å². The minimum absolute atomic E-state index is 0.0111. The summed E-state index contributed by atoms with van der Waals surface area (Å²) in [6.07, 6.45) is -10.8. The smallest absolute Gasteiger partial charge is 0.169 e. The van der Waals surface area contributed by atoms with Crippen molar-refractivity contribution in [2.24, 2.45) is 0 Å². The highest BCUT2D eigenvalue weighted by atomic mass is 19.4. The maximum atomic E-state index is 14.6. The zero-order chi connectivity index (χ0) is 24.6. The highest BCUT2D eigenvalue weighted by Crippen LogP contribution is 2.57. The van der Waals surface area contributed by atoms with Gasteiger partial charge in [0.25, 0.3) is 0 Å². The van der Waals surface area contributed by atoms with Crippen molar-refractivity contribution in [2.75, 3.05) is 0 Å². The fraction of sp³-hybridized carbons (Fsp3) is 0.538. The quantitative estimate of drug-likeness (QED) is 0.379. The van der Waals surface area contributed by atoms with E-state index < -0.39 is 28.9 Å². The molecule has 0 nitrogen and oxygen atoms in total. The van der Waals surface area contributed by atoms with E-state index in [1.165, 1.54) is 12.1 Å². The van der Waals surface area contributed by atoms with Gasteiger partial charge < -0.3 is 0 Å². The molecule has 0 N–H and O–H groups in total. The largest absolute Gasteiger partial charge is 0.411 e. The minimum atomic E-state index is -5.58. The fourth-order valence-electron chi connectivity index (χ4n) is 4.52. The Morgan fingerprint density at radius 3 is 1.38 bits per heavy atom. The monoisotopic (exact) mass is 458 g/mol. The van der Waals surface area contributed by atoms with E-state index in [0.717, 1.165) is 35.4 Å². The van der Waals surface area contributed by atoms with Crippen LogP contribution in [0, 0.1) is 0 Å². The highest BCUT2D eigenvalue weighted by Gasteiger charge is 2.72. The van der Waals surface area contributed by atoms with Gasteiger partial charge in [-0.3, -0.25) is 0 Å². The molecule has 0 radical (unpaired) electrons. The van der Waals surface area contributed by atoms with E-state index in [9.17, 15) is 26.3 Å². The van der Waals surface area contributed by atoms with E-state index in [4.69, 9.17) is 0 Å². The van der Waals surface area contributed by atoms with Gasteiger partial charge in [0.15, 0.2) is 0 Å². The second kappa shape index (κ2) is 9.11. The minimum Gasteiger partial charge on any atom is -0.169 e. The highest BCUT2D eigenvalue weighted by molar-refractivity contribution is 5.50. The van der Waals surface area contributed by atoms with Crippen LogP contribution in [0.5, 0.6) is 0 Å². The lowest BCUT2D eigenvalue weighted by molar-refractivity contribution is -0.288. The molecule has 0 aliphatic carbocycles. The Labute approximate surface area is 187 Å². The van der Waals surface area contributed by atoms with Gasteiger partial charge in [0.2, 0.25) is 5.41 Å². The van der Waals surface area contributed by atoms with E-state index >= 15 is 0 Å². The zero-order valence-electron chi connectivity index (χ0n) is 19.7. The number of hydrogen-bond donors (Lipinski definition) is 0. The van der Waals surface area contributed by atoms with Gasteiger partial charge in [-0.05, 0) is 57.6 Å². The molecule has 6 heteroatoms. The van der Waals surface area contributed by atoms with Crippen molar-refractivity contribution >= 4 is 0 Å². The van der Waals surface area contributed by atoms with Crippen molar-refractivity contribution in [3.05, 3.63) is 69.8 Å². The van der Waals surface area contributed by atoms with Gasteiger partial charge >= 0.3 is 12.4 Å². The SMILES string of the molecule is CCc1cc(C(c2ccc(C(C)C)c(C(C)C)c2)(C(F)(F)F)C(F)(F)F)ccc1C(C)C. The van der Waals surface area contributed by atoms with Gasteiger partial charge in [-0.1, -0.05) is 84.9 Å². The Balaban J connectivity index is 3.00. The summed E-state index contributed by atoms with van der Waals surface area (Å²) in [6.45, 7) is 12.8. The Kier molecular flexibility index (Phi) is 7.48.